The summed E-state index contributed by atoms with van der Waals surface area (Å²) in [6.07, 6.45) is 2.59. The van der Waals surface area contributed by atoms with Crippen molar-refractivity contribution in [1.29, 1.82) is 0 Å². The number of carboxylic acids is 1. The number of aliphatic imine (C=N–C) groups is 1. The van der Waals surface area contributed by atoms with E-state index in [1.54, 1.807) is 6.92 Å². The van der Waals surface area contributed by atoms with Crippen LogP contribution in [0.25, 0.3) is 0 Å². The molecule has 2 atom stereocenters. The van der Waals surface area contributed by atoms with Crippen molar-refractivity contribution >= 4 is 12.0 Å². The number of rotatable bonds is 6. The first-order valence-electron chi connectivity index (χ1n) is 4.47. The average Bonchev–Trinajstić information content (AvgIpc) is 2.13. The molecule has 0 saturated heterocycles. The Morgan fingerprint density at radius 2 is 2.14 bits per heavy atom. The molecular formula is C10H15NO3. The zero-order valence-corrected chi connectivity index (χ0v) is 8.49. The summed E-state index contributed by atoms with van der Waals surface area (Å²) < 4.78 is 0. The van der Waals surface area contributed by atoms with Gasteiger partial charge in [0, 0.05) is 5.57 Å². The Morgan fingerprint density at radius 1 is 1.57 bits per heavy atom. The molecule has 4 nitrogen and oxygen atoms in total. The van der Waals surface area contributed by atoms with Crippen molar-refractivity contribution < 1.29 is 14.7 Å². The molecule has 0 bridgehead atoms. The van der Waals surface area contributed by atoms with Gasteiger partial charge in [-0.1, -0.05) is 13.5 Å². The predicted octanol–water partition coefficient (Wildman–Crippen LogP) is 1.77. The number of carboxylic acid groups (broad SMARTS) is 1. The van der Waals surface area contributed by atoms with E-state index < -0.39 is 5.97 Å². The number of hydrogen-bond donors (Lipinski definition) is 1. The summed E-state index contributed by atoms with van der Waals surface area (Å²) in [4.78, 5) is 23.9. The van der Waals surface area contributed by atoms with Crippen LogP contribution in [0.4, 0.5) is 0 Å². The number of carbonyl (C=O) groups is 1. The second-order valence-corrected chi connectivity index (χ2v) is 3.39. The van der Waals surface area contributed by atoms with Gasteiger partial charge in [-0.15, -0.1) is 0 Å². The first kappa shape index (κ1) is 12.6. The summed E-state index contributed by atoms with van der Waals surface area (Å²) in [5.74, 6) is -0.809. The normalized spacial score (nSPS) is 13.9. The fourth-order valence-electron chi connectivity index (χ4n) is 0.960. The maximum Gasteiger partial charge on any atom is 0.330 e. The van der Waals surface area contributed by atoms with Gasteiger partial charge in [-0.3, -0.25) is 0 Å². The summed E-state index contributed by atoms with van der Waals surface area (Å²) in [5.41, 5.74) is 0.194. The van der Waals surface area contributed by atoms with Crippen LogP contribution in [0.15, 0.2) is 17.1 Å². The maximum absolute atomic E-state index is 10.4. The summed E-state index contributed by atoms with van der Waals surface area (Å²) in [7, 11) is 0. The van der Waals surface area contributed by atoms with E-state index in [9.17, 15) is 9.59 Å². The number of aliphatic carboxylic acids is 1. The first-order chi connectivity index (χ1) is 6.49. The van der Waals surface area contributed by atoms with Crippen molar-refractivity contribution in [2.75, 3.05) is 0 Å². The fraction of sp³-hybridized carbons (Fsp3) is 0.600. The Kier molecular flexibility index (Phi) is 5.49. The minimum absolute atomic E-state index is 0.117. The molecule has 0 aliphatic rings. The highest BCUT2D eigenvalue weighted by atomic mass is 16.4. The van der Waals surface area contributed by atoms with Gasteiger partial charge in [0.05, 0.1) is 6.04 Å². The zero-order valence-electron chi connectivity index (χ0n) is 8.49. The van der Waals surface area contributed by atoms with Crippen molar-refractivity contribution in [3.63, 3.8) is 0 Å². The van der Waals surface area contributed by atoms with E-state index in [1.807, 2.05) is 6.92 Å². The minimum atomic E-state index is -0.969. The van der Waals surface area contributed by atoms with Crippen molar-refractivity contribution in [3.8, 4) is 0 Å². The van der Waals surface area contributed by atoms with Crippen LogP contribution in [0.1, 0.15) is 26.7 Å². The molecular weight excluding hydrogens is 182 g/mol. The molecule has 4 heteroatoms. The molecule has 0 aliphatic carbocycles. The van der Waals surface area contributed by atoms with E-state index in [0.717, 1.165) is 0 Å². The average molecular weight is 197 g/mol. The molecule has 0 spiro atoms. The maximum atomic E-state index is 10.4. The van der Waals surface area contributed by atoms with E-state index >= 15 is 0 Å². The Bertz CT molecular complexity index is 267. The smallest absolute Gasteiger partial charge is 0.330 e. The number of hydrogen-bond acceptors (Lipinski definition) is 3. The quantitative estimate of drug-likeness (QED) is 0.401. The standard InChI is InChI=1S/C10H15NO3/c1-7(9(3)11-6-12)4-5-8(2)10(13)14/h7,9H,2,4-5H2,1,3H3,(H,13,14). The molecule has 0 aliphatic heterocycles. The monoisotopic (exact) mass is 197 g/mol. The van der Waals surface area contributed by atoms with Gasteiger partial charge < -0.3 is 5.11 Å². The molecule has 0 heterocycles. The van der Waals surface area contributed by atoms with E-state index in [0.29, 0.717) is 12.8 Å². The SMILES string of the molecule is C=C(CCC(C)C(C)N=C=O)C(=O)O. The molecule has 14 heavy (non-hydrogen) atoms. The molecule has 0 aromatic rings. The van der Waals surface area contributed by atoms with Crippen LogP contribution in [0.2, 0.25) is 0 Å². The minimum Gasteiger partial charge on any atom is -0.478 e. The highest BCUT2D eigenvalue weighted by Gasteiger charge is 2.13. The Morgan fingerprint density at radius 3 is 2.57 bits per heavy atom. The zero-order chi connectivity index (χ0) is 11.1. The second-order valence-electron chi connectivity index (χ2n) is 3.39. The third-order valence-corrected chi connectivity index (χ3v) is 2.28. The van der Waals surface area contributed by atoms with Crippen molar-refractivity contribution in [2.24, 2.45) is 10.9 Å². The van der Waals surface area contributed by atoms with Crippen molar-refractivity contribution in [1.82, 2.24) is 0 Å². The third-order valence-electron chi connectivity index (χ3n) is 2.28. The lowest BCUT2D eigenvalue weighted by atomic mass is 9.96. The molecule has 0 amide bonds. The largest absolute Gasteiger partial charge is 0.478 e. The molecule has 2 unspecified atom stereocenters. The van der Waals surface area contributed by atoms with Gasteiger partial charge in [0.2, 0.25) is 6.08 Å². The van der Waals surface area contributed by atoms with Crippen LogP contribution in [0.5, 0.6) is 0 Å². The van der Waals surface area contributed by atoms with Gasteiger partial charge in [0.25, 0.3) is 0 Å². The summed E-state index contributed by atoms with van der Waals surface area (Å²) in [6.45, 7) is 7.15. The highest BCUT2D eigenvalue weighted by Crippen LogP contribution is 2.16. The van der Waals surface area contributed by atoms with Crippen LogP contribution in [0, 0.1) is 5.92 Å². The molecule has 0 saturated carbocycles. The third kappa shape index (κ3) is 4.58. The lowest BCUT2D eigenvalue weighted by Crippen LogP contribution is -2.12. The summed E-state index contributed by atoms with van der Waals surface area (Å²) in [5, 5.41) is 8.55. The number of carbonyl (C=O) groups excluding carboxylic acids is 1. The lowest BCUT2D eigenvalue weighted by Gasteiger charge is -2.13. The summed E-state index contributed by atoms with van der Waals surface area (Å²) in [6, 6.07) is -0.117. The number of isocyanates is 1. The van der Waals surface area contributed by atoms with Crippen LogP contribution in [0.3, 0.4) is 0 Å². The topological polar surface area (TPSA) is 66.7 Å². The molecule has 0 aromatic carbocycles. The van der Waals surface area contributed by atoms with E-state index in [4.69, 9.17) is 5.11 Å². The van der Waals surface area contributed by atoms with E-state index in [1.165, 1.54) is 6.08 Å². The molecule has 0 radical (unpaired) electrons. The predicted molar refractivity (Wildman–Crippen MR) is 52.8 cm³/mol. The van der Waals surface area contributed by atoms with Crippen LogP contribution >= 0.6 is 0 Å². The van der Waals surface area contributed by atoms with Gasteiger partial charge in [0.15, 0.2) is 0 Å². The van der Waals surface area contributed by atoms with Gasteiger partial charge in [-0.05, 0) is 25.7 Å². The van der Waals surface area contributed by atoms with Gasteiger partial charge in [0.1, 0.15) is 0 Å². The van der Waals surface area contributed by atoms with Crippen molar-refractivity contribution in [3.05, 3.63) is 12.2 Å². The Labute approximate surface area is 83.3 Å². The van der Waals surface area contributed by atoms with Gasteiger partial charge in [-0.25, -0.2) is 14.6 Å². The van der Waals surface area contributed by atoms with Crippen LogP contribution < -0.4 is 0 Å². The fourth-order valence-corrected chi connectivity index (χ4v) is 0.960. The van der Waals surface area contributed by atoms with Crippen molar-refractivity contribution in [2.45, 2.75) is 32.7 Å². The first-order valence-corrected chi connectivity index (χ1v) is 4.47. The molecule has 1 N–H and O–H groups in total. The summed E-state index contributed by atoms with van der Waals surface area (Å²) >= 11 is 0. The molecule has 78 valence electrons. The van der Waals surface area contributed by atoms with Gasteiger partial charge >= 0.3 is 5.97 Å². The highest BCUT2D eigenvalue weighted by molar-refractivity contribution is 5.85. The van der Waals surface area contributed by atoms with Crippen LogP contribution in [-0.2, 0) is 9.59 Å². The molecule has 0 aromatic heterocycles. The Balaban J connectivity index is 3.95. The second kappa shape index (κ2) is 6.11. The molecule has 0 rings (SSSR count). The van der Waals surface area contributed by atoms with E-state index in [-0.39, 0.29) is 17.5 Å². The molecule has 0 fully saturated rings. The van der Waals surface area contributed by atoms with Gasteiger partial charge in [-0.2, -0.15) is 0 Å². The van der Waals surface area contributed by atoms with Crippen LogP contribution in [-0.4, -0.2) is 23.2 Å². The van der Waals surface area contributed by atoms with E-state index in [2.05, 4.69) is 11.6 Å². The lowest BCUT2D eigenvalue weighted by molar-refractivity contribution is -0.132. The Hall–Kier alpha value is -1.41. The number of nitrogens with zero attached hydrogens (tertiary/aromatic N) is 1.